The van der Waals surface area contributed by atoms with Crippen LogP contribution in [0.25, 0.3) is 0 Å². The van der Waals surface area contributed by atoms with Crippen molar-refractivity contribution in [2.24, 2.45) is 11.8 Å². The molecule has 2 rings (SSSR count). The summed E-state index contributed by atoms with van der Waals surface area (Å²) >= 11 is 3.37. The molecule has 0 spiro atoms. The average Bonchev–Trinajstić information content (AvgIpc) is 3.09. The Balaban J connectivity index is 2.04. The first-order valence-corrected chi connectivity index (χ1v) is 10.1. The summed E-state index contributed by atoms with van der Waals surface area (Å²) < 4.78 is 6.36. The predicted octanol–water partition coefficient (Wildman–Crippen LogP) is 4.51. The van der Waals surface area contributed by atoms with E-state index in [1.807, 2.05) is 52.0 Å². The van der Waals surface area contributed by atoms with Crippen LogP contribution in [0.3, 0.4) is 0 Å². The van der Waals surface area contributed by atoms with Crippen molar-refractivity contribution in [2.75, 3.05) is 18.4 Å². The van der Waals surface area contributed by atoms with E-state index < -0.39 is 0 Å². The summed E-state index contributed by atoms with van der Waals surface area (Å²) in [5, 5.41) is 5.67. The van der Waals surface area contributed by atoms with Crippen LogP contribution in [0.5, 0.6) is 0 Å². The number of amides is 3. The van der Waals surface area contributed by atoms with Gasteiger partial charge in [-0.1, -0.05) is 43.6 Å². The summed E-state index contributed by atoms with van der Waals surface area (Å²) in [6, 6.07) is 7.10. The number of hydrogen-bond acceptors (Lipinski definition) is 4. The Morgan fingerprint density at radius 3 is 2.43 bits per heavy atom. The molecule has 3 amide bonds. The maximum atomic E-state index is 12.7. The molecule has 152 valence electrons. The van der Waals surface area contributed by atoms with Crippen LogP contribution in [-0.2, 0) is 6.54 Å². The second-order valence-electron chi connectivity index (χ2n) is 7.44. The first-order valence-electron chi connectivity index (χ1n) is 9.28. The molecule has 0 fully saturated rings. The van der Waals surface area contributed by atoms with E-state index in [2.05, 4.69) is 31.5 Å². The number of aromatic nitrogens is 1. The molecule has 0 unspecified atom stereocenters. The third-order valence-electron chi connectivity index (χ3n) is 3.75. The van der Waals surface area contributed by atoms with Crippen molar-refractivity contribution in [3.05, 3.63) is 46.6 Å². The molecule has 0 aliphatic rings. The molecule has 0 bridgehead atoms. The minimum Gasteiger partial charge on any atom is -0.446 e. The molecular weight excluding hydrogens is 424 g/mol. The Bertz CT molecular complexity index is 787. The summed E-state index contributed by atoms with van der Waals surface area (Å²) in [5.41, 5.74) is 0.913. The zero-order chi connectivity index (χ0) is 20.7. The monoisotopic (exact) mass is 450 g/mol. The molecule has 2 N–H and O–H groups in total. The van der Waals surface area contributed by atoms with Crippen LogP contribution in [0.4, 0.5) is 10.5 Å². The van der Waals surface area contributed by atoms with Crippen LogP contribution in [-0.4, -0.2) is 34.9 Å². The number of urea groups is 1. The highest BCUT2D eigenvalue weighted by Crippen LogP contribution is 2.16. The van der Waals surface area contributed by atoms with E-state index in [1.54, 1.807) is 4.90 Å². The standard InChI is InChI=1S/C20H27BrN4O3/c1-13(2)9-22-19(26)17-12-28-18(24-17)11-25(10-14(3)4)20(27)23-16-7-5-15(21)6-8-16/h5-8,12-14H,9-11H2,1-4H3,(H,22,26)(H,23,27). The highest BCUT2D eigenvalue weighted by atomic mass is 79.9. The van der Waals surface area contributed by atoms with E-state index in [1.165, 1.54) is 6.26 Å². The number of oxazole rings is 1. The van der Waals surface area contributed by atoms with Crippen LogP contribution in [0.15, 0.2) is 39.4 Å². The van der Waals surface area contributed by atoms with E-state index in [0.29, 0.717) is 30.6 Å². The van der Waals surface area contributed by atoms with Gasteiger partial charge in [-0.2, -0.15) is 0 Å². The van der Waals surface area contributed by atoms with Gasteiger partial charge in [0, 0.05) is 23.2 Å². The molecular formula is C20H27BrN4O3. The average molecular weight is 451 g/mol. The highest BCUT2D eigenvalue weighted by molar-refractivity contribution is 9.10. The van der Waals surface area contributed by atoms with Gasteiger partial charge in [0.1, 0.15) is 6.26 Å². The highest BCUT2D eigenvalue weighted by Gasteiger charge is 2.20. The lowest BCUT2D eigenvalue weighted by atomic mass is 10.2. The van der Waals surface area contributed by atoms with E-state index in [9.17, 15) is 9.59 Å². The lowest BCUT2D eigenvalue weighted by molar-refractivity contribution is 0.0944. The fraction of sp³-hybridized carbons (Fsp3) is 0.450. The summed E-state index contributed by atoms with van der Waals surface area (Å²) in [6.45, 7) is 9.36. The van der Waals surface area contributed by atoms with Crippen molar-refractivity contribution in [3.8, 4) is 0 Å². The molecule has 1 aromatic heterocycles. The van der Waals surface area contributed by atoms with Crippen molar-refractivity contribution in [2.45, 2.75) is 34.2 Å². The molecule has 1 aromatic carbocycles. The van der Waals surface area contributed by atoms with E-state index in [4.69, 9.17) is 4.42 Å². The van der Waals surface area contributed by atoms with Crippen molar-refractivity contribution < 1.29 is 14.0 Å². The molecule has 0 saturated heterocycles. The second-order valence-corrected chi connectivity index (χ2v) is 8.36. The number of rotatable bonds is 8. The van der Waals surface area contributed by atoms with Crippen LogP contribution in [0, 0.1) is 11.8 Å². The van der Waals surface area contributed by atoms with Crippen LogP contribution in [0.2, 0.25) is 0 Å². The number of anilines is 1. The summed E-state index contributed by atoms with van der Waals surface area (Å²) in [6.07, 6.45) is 1.32. The molecule has 0 saturated carbocycles. The molecule has 0 aliphatic carbocycles. The normalized spacial score (nSPS) is 11.0. The third kappa shape index (κ3) is 6.99. The van der Waals surface area contributed by atoms with Gasteiger partial charge in [0.25, 0.3) is 5.91 Å². The van der Waals surface area contributed by atoms with Crippen molar-refractivity contribution >= 4 is 33.6 Å². The molecule has 1 heterocycles. The number of nitrogens with zero attached hydrogens (tertiary/aromatic N) is 2. The molecule has 2 aromatic rings. The zero-order valence-corrected chi connectivity index (χ0v) is 18.2. The van der Waals surface area contributed by atoms with Crippen LogP contribution < -0.4 is 10.6 Å². The van der Waals surface area contributed by atoms with Gasteiger partial charge >= 0.3 is 6.03 Å². The fourth-order valence-electron chi connectivity index (χ4n) is 2.43. The Labute approximate surface area is 174 Å². The van der Waals surface area contributed by atoms with Crippen molar-refractivity contribution in [1.29, 1.82) is 0 Å². The fourth-order valence-corrected chi connectivity index (χ4v) is 2.70. The SMILES string of the molecule is CC(C)CNC(=O)c1coc(CN(CC(C)C)C(=O)Nc2ccc(Br)cc2)n1. The van der Waals surface area contributed by atoms with Crippen molar-refractivity contribution in [3.63, 3.8) is 0 Å². The van der Waals surface area contributed by atoms with Gasteiger partial charge in [0.15, 0.2) is 5.69 Å². The minimum atomic E-state index is -0.279. The number of carbonyl (C=O) groups is 2. The van der Waals surface area contributed by atoms with Gasteiger partial charge < -0.3 is 20.0 Å². The smallest absolute Gasteiger partial charge is 0.322 e. The molecule has 0 radical (unpaired) electrons. The van der Waals surface area contributed by atoms with Crippen LogP contribution in [0.1, 0.15) is 44.1 Å². The topological polar surface area (TPSA) is 87.5 Å². The Morgan fingerprint density at radius 2 is 1.82 bits per heavy atom. The van der Waals surface area contributed by atoms with Gasteiger partial charge in [0.05, 0.1) is 6.54 Å². The molecule has 7 nitrogen and oxygen atoms in total. The molecule has 0 aliphatic heterocycles. The van der Waals surface area contributed by atoms with E-state index >= 15 is 0 Å². The number of hydrogen-bond donors (Lipinski definition) is 2. The summed E-state index contributed by atoms with van der Waals surface area (Å²) in [4.78, 5) is 30.7. The zero-order valence-electron chi connectivity index (χ0n) is 16.7. The Morgan fingerprint density at radius 1 is 1.14 bits per heavy atom. The number of halogens is 1. The van der Waals surface area contributed by atoms with Gasteiger partial charge in [-0.15, -0.1) is 0 Å². The first-order chi connectivity index (χ1) is 13.2. The third-order valence-corrected chi connectivity index (χ3v) is 4.28. The van der Waals surface area contributed by atoms with Gasteiger partial charge in [-0.25, -0.2) is 9.78 Å². The number of nitrogens with one attached hydrogen (secondary N) is 2. The first kappa shape index (κ1) is 21.9. The maximum Gasteiger partial charge on any atom is 0.322 e. The van der Waals surface area contributed by atoms with Gasteiger partial charge in [-0.3, -0.25) is 4.79 Å². The quantitative estimate of drug-likeness (QED) is 0.618. The molecule has 28 heavy (non-hydrogen) atoms. The van der Waals surface area contributed by atoms with E-state index in [0.717, 1.165) is 4.47 Å². The summed E-state index contributed by atoms with van der Waals surface area (Å²) in [7, 11) is 0. The lowest BCUT2D eigenvalue weighted by Gasteiger charge is -2.23. The number of benzene rings is 1. The molecule has 0 atom stereocenters. The Kier molecular flexibility index (Phi) is 8.04. The summed E-state index contributed by atoms with van der Waals surface area (Å²) in [5.74, 6) is 0.651. The predicted molar refractivity (Wildman–Crippen MR) is 112 cm³/mol. The molecule has 8 heteroatoms. The second kappa shape index (κ2) is 10.3. The minimum absolute atomic E-state index is 0.179. The van der Waals surface area contributed by atoms with Gasteiger partial charge in [-0.05, 0) is 36.1 Å². The van der Waals surface area contributed by atoms with E-state index in [-0.39, 0.29) is 30.1 Å². The van der Waals surface area contributed by atoms with Crippen LogP contribution >= 0.6 is 15.9 Å². The Hall–Kier alpha value is -2.35. The lowest BCUT2D eigenvalue weighted by Crippen LogP contribution is -2.37. The maximum absolute atomic E-state index is 12.7. The van der Waals surface area contributed by atoms with Gasteiger partial charge in [0.2, 0.25) is 5.89 Å². The van der Waals surface area contributed by atoms with Crippen molar-refractivity contribution in [1.82, 2.24) is 15.2 Å². The number of carbonyl (C=O) groups excluding carboxylic acids is 2. The largest absolute Gasteiger partial charge is 0.446 e.